The monoisotopic (exact) mass is 329 g/mol. The number of carbonyl (C=O) groups excluding carboxylic acids is 1. The molecule has 24 heavy (non-hydrogen) atoms. The van der Waals surface area contributed by atoms with Gasteiger partial charge >= 0.3 is 5.97 Å². The van der Waals surface area contributed by atoms with Gasteiger partial charge in [0.15, 0.2) is 0 Å². The van der Waals surface area contributed by atoms with Gasteiger partial charge in [0.25, 0.3) is 0 Å². The molecule has 2 aromatic rings. The van der Waals surface area contributed by atoms with Crippen molar-refractivity contribution in [3.63, 3.8) is 0 Å². The Hall–Kier alpha value is -2.63. The highest BCUT2D eigenvalue weighted by molar-refractivity contribution is 5.83. The summed E-state index contributed by atoms with van der Waals surface area (Å²) in [5, 5.41) is 11.9. The quantitative estimate of drug-likeness (QED) is 0.655. The third-order valence-electron chi connectivity index (χ3n) is 3.80. The number of amides is 1. The maximum Gasteiger partial charge on any atom is 0.326 e. The molecular formula is C18H23N3O3. The molecule has 0 saturated heterocycles. The Morgan fingerprint density at radius 1 is 1.17 bits per heavy atom. The van der Waals surface area contributed by atoms with Gasteiger partial charge in [0.1, 0.15) is 6.04 Å². The highest BCUT2D eigenvalue weighted by Crippen LogP contribution is 2.06. The Kier molecular flexibility index (Phi) is 7.01. The molecule has 1 atom stereocenters. The summed E-state index contributed by atoms with van der Waals surface area (Å²) in [6, 6.07) is 8.43. The van der Waals surface area contributed by atoms with Crippen LogP contribution in [0.25, 0.3) is 0 Å². The Morgan fingerprint density at radius 3 is 2.62 bits per heavy atom. The van der Waals surface area contributed by atoms with Crippen LogP contribution in [0.1, 0.15) is 31.2 Å². The minimum absolute atomic E-state index is 0.207. The van der Waals surface area contributed by atoms with Gasteiger partial charge in [0.2, 0.25) is 5.91 Å². The number of aromatic nitrogens is 2. The van der Waals surface area contributed by atoms with Crippen molar-refractivity contribution < 1.29 is 14.7 Å². The number of nitrogens with zero attached hydrogens (tertiary/aromatic N) is 2. The standard InChI is InChI=1S/C18H23N3O3/c22-17(9-5-2-6-11-21-12-10-19-14-21)20-16(18(23)24)13-15-7-3-1-4-8-15/h1,3-4,7-8,10,12,14,16H,2,5-6,9,11,13H2,(H,20,22)(H,23,24)/t16-/m0/s1. The fourth-order valence-corrected chi connectivity index (χ4v) is 2.49. The Labute approximate surface area is 141 Å². The van der Waals surface area contributed by atoms with E-state index in [4.69, 9.17) is 0 Å². The van der Waals surface area contributed by atoms with Crippen LogP contribution in [0.15, 0.2) is 49.1 Å². The summed E-state index contributed by atoms with van der Waals surface area (Å²) in [5.74, 6) is -1.21. The van der Waals surface area contributed by atoms with Crippen LogP contribution in [-0.2, 0) is 22.6 Å². The SMILES string of the molecule is O=C(CCCCCn1ccnc1)N[C@@H](Cc1ccccc1)C(=O)O. The molecule has 0 aliphatic carbocycles. The molecule has 1 aromatic heterocycles. The number of aliphatic carboxylic acids is 1. The zero-order valence-electron chi connectivity index (χ0n) is 13.6. The minimum Gasteiger partial charge on any atom is -0.480 e. The van der Waals surface area contributed by atoms with Crippen molar-refractivity contribution in [2.75, 3.05) is 0 Å². The first-order valence-electron chi connectivity index (χ1n) is 8.17. The molecule has 0 fully saturated rings. The van der Waals surface area contributed by atoms with Crippen LogP contribution >= 0.6 is 0 Å². The van der Waals surface area contributed by atoms with E-state index < -0.39 is 12.0 Å². The maximum absolute atomic E-state index is 12.0. The van der Waals surface area contributed by atoms with Crippen LogP contribution in [0.5, 0.6) is 0 Å². The zero-order chi connectivity index (χ0) is 17.2. The Morgan fingerprint density at radius 2 is 1.96 bits per heavy atom. The summed E-state index contributed by atoms with van der Waals surface area (Å²) in [7, 11) is 0. The number of carbonyl (C=O) groups is 2. The van der Waals surface area contributed by atoms with Crippen molar-refractivity contribution in [2.45, 2.75) is 44.7 Å². The van der Waals surface area contributed by atoms with Crippen molar-refractivity contribution in [3.05, 3.63) is 54.6 Å². The summed E-state index contributed by atoms with van der Waals surface area (Å²) in [6.07, 6.45) is 8.70. The van der Waals surface area contributed by atoms with E-state index in [-0.39, 0.29) is 5.91 Å². The van der Waals surface area contributed by atoms with Gasteiger partial charge in [-0.2, -0.15) is 0 Å². The largest absolute Gasteiger partial charge is 0.480 e. The second kappa shape index (κ2) is 9.50. The average Bonchev–Trinajstić information content (AvgIpc) is 3.08. The molecule has 0 saturated carbocycles. The van der Waals surface area contributed by atoms with Crippen LogP contribution in [0, 0.1) is 0 Å². The number of aryl methyl sites for hydroxylation is 1. The summed E-state index contributed by atoms with van der Waals surface area (Å²) in [4.78, 5) is 27.2. The second-order valence-corrected chi connectivity index (χ2v) is 5.76. The zero-order valence-corrected chi connectivity index (χ0v) is 13.6. The molecule has 0 aliphatic heterocycles. The van der Waals surface area contributed by atoms with Gasteiger partial charge in [-0.25, -0.2) is 9.78 Å². The van der Waals surface area contributed by atoms with E-state index in [0.29, 0.717) is 12.8 Å². The van der Waals surface area contributed by atoms with Gasteiger partial charge in [-0.3, -0.25) is 4.79 Å². The number of imidazole rings is 1. The Balaban J connectivity index is 1.67. The lowest BCUT2D eigenvalue weighted by Crippen LogP contribution is -2.42. The molecule has 0 spiro atoms. The third kappa shape index (κ3) is 6.24. The van der Waals surface area contributed by atoms with E-state index in [1.54, 1.807) is 12.5 Å². The van der Waals surface area contributed by atoms with Gasteiger partial charge in [0, 0.05) is 31.8 Å². The molecule has 6 heteroatoms. The van der Waals surface area contributed by atoms with Crippen molar-refractivity contribution >= 4 is 11.9 Å². The number of carboxylic acids is 1. The summed E-state index contributed by atoms with van der Waals surface area (Å²) in [6.45, 7) is 0.882. The van der Waals surface area contributed by atoms with Crippen molar-refractivity contribution in [3.8, 4) is 0 Å². The molecule has 1 aromatic carbocycles. The normalized spacial score (nSPS) is 11.8. The molecule has 0 unspecified atom stereocenters. The van der Waals surface area contributed by atoms with Crippen LogP contribution in [0.2, 0.25) is 0 Å². The predicted octanol–water partition coefficient (Wildman–Crippen LogP) is 2.26. The number of rotatable bonds is 10. The molecule has 0 aliphatic rings. The topological polar surface area (TPSA) is 84.2 Å². The minimum atomic E-state index is -1.01. The van der Waals surface area contributed by atoms with E-state index >= 15 is 0 Å². The first-order valence-corrected chi connectivity index (χ1v) is 8.17. The first kappa shape index (κ1) is 17.7. The number of hydrogen-bond donors (Lipinski definition) is 2. The molecule has 128 valence electrons. The highest BCUT2D eigenvalue weighted by atomic mass is 16.4. The van der Waals surface area contributed by atoms with Gasteiger partial charge in [0.05, 0.1) is 6.33 Å². The summed E-state index contributed by atoms with van der Waals surface area (Å²) < 4.78 is 2.00. The number of unbranched alkanes of at least 4 members (excludes halogenated alkanes) is 2. The van der Waals surface area contributed by atoms with Crippen LogP contribution in [-0.4, -0.2) is 32.6 Å². The Bertz CT molecular complexity index is 626. The maximum atomic E-state index is 12.0. The fraction of sp³-hybridized carbons (Fsp3) is 0.389. The van der Waals surface area contributed by atoms with E-state index in [9.17, 15) is 14.7 Å². The lowest BCUT2D eigenvalue weighted by Gasteiger charge is -2.14. The van der Waals surface area contributed by atoms with Gasteiger partial charge in [-0.15, -0.1) is 0 Å². The predicted molar refractivity (Wildman–Crippen MR) is 90.4 cm³/mol. The summed E-state index contributed by atoms with van der Waals surface area (Å²) in [5.41, 5.74) is 0.894. The summed E-state index contributed by atoms with van der Waals surface area (Å²) >= 11 is 0. The molecular weight excluding hydrogens is 306 g/mol. The van der Waals surface area contributed by atoms with E-state index in [0.717, 1.165) is 31.4 Å². The molecule has 0 bridgehead atoms. The number of hydrogen-bond acceptors (Lipinski definition) is 3. The smallest absolute Gasteiger partial charge is 0.326 e. The molecule has 2 N–H and O–H groups in total. The first-order chi connectivity index (χ1) is 11.6. The number of carboxylic acid groups (broad SMARTS) is 1. The van der Waals surface area contributed by atoms with Crippen LogP contribution in [0.4, 0.5) is 0 Å². The lowest BCUT2D eigenvalue weighted by molar-refractivity contribution is -0.141. The van der Waals surface area contributed by atoms with Crippen molar-refractivity contribution in [1.29, 1.82) is 0 Å². The van der Waals surface area contributed by atoms with Gasteiger partial charge in [-0.05, 0) is 18.4 Å². The molecule has 1 amide bonds. The van der Waals surface area contributed by atoms with Crippen LogP contribution < -0.4 is 5.32 Å². The number of nitrogens with one attached hydrogen (secondary N) is 1. The van der Waals surface area contributed by atoms with Crippen molar-refractivity contribution in [1.82, 2.24) is 14.9 Å². The van der Waals surface area contributed by atoms with E-state index in [1.807, 2.05) is 41.1 Å². The van der Waals surface area contributed by atoms with Gasteiger partial charge < -0.3 is 15.0 Å². The molecule has 0 radical (unpaired) electrons. The fourth-order valence-electron chi connectivity index (χ4n) is 2.49. The number of benzene rings is 1. The van der Waals surface area contributed by atoms with E-state index in [1.165, 1.54) is 0 Å². The average molecular weight is 329 g/mol. The van der Waals surface area contributed by atoms with E-state index in [2.05, 4.69) is 10.3 Å². The third-order valence-corrected chi connectivity index (χ3v) is 3.80. The highest BCUT2D eigenvalue weighted by Gasteiger charge is 2.19. The molecule has 2 rings (SSSR count). The second-order valence-electron chi connectivity index (χ2n) is 5.76. The van der Waals surface area contributed by atoms with Crippen molar-refractivity contribution in [2.24, 2.45) is 0 Å². The molecule has 1 heterocycles. The molecule has 6 nitrogen and oxygen atoms in total. The lowest BCUT2D eigenvalue weighted by atomic mass is 10.1. The van der Waals surface area contributed by atoms with Crippen LogP contribution in [0.3, 0.4) is 0 Å². The van der Waals surface area contributed by atoms with Gasteiger partial charge in [-0.1, -0.05) is 36.8 Å².